The van der Waals surface area contributed by atoms with Crippen LogP contribution in [-0.2, 0) is 24.2 Å². The lowest BCUT2D eigenvalue weighted by molar-refractivity contribution is -0.130. The number of aryl methyl sites for hydroxylation is 2. The number of hydrogen-bond acceptors (Lipinski definition) is 4. The number of nitrogens with zero attached hydrogens (tertiary/aromatic N) is 4. The van der Waals surface area contributed by atoms with E-state index in [-0.39, 0.29) is 11.5 Å². The van der Waals surface area contributed by atoms with Gasteiger partial charge in [0.05, 0.1) is 12.2 Å². The van der Waals surface area contributed by atoms with Crippen molar-refractivity contribution in [2.75, 3.05) is 26.2 Å². The van der Waals surface area contributed by atoms with E-state index in [1.165, 1.54) is 12.8 Å². The third-order valence-corrected chi connectivity index (χ3v) is 5.99. The van der Waals surface area contributed by atoms with Crippen LogP contribution >= 0.6 is 0 Å². The van der Waals surface area contributed by atoms with Gasteiger partial charge in [-0.2, -0.15) is 5.10 Å². The van der Waals surface area contributed by atoms with Crippen molar-refractivity contribution in [2.45, 2.75) is 58.0 Å². The number of likely N-dealkylation sites (tertiary alicyclic amines) is 2. The second kappa shape index (κ2) is 6.90. The quantitative estimate of drug-likeness (QED) is 0.820. The molecule has 2 aliphatic heterocycles. The first kappa shape index (κ1) is 16.8. The van der Waals surface area contributed by atoms with E-state index < -0.39 is 0 Å². The Kier molecular flexibility index (Phi) is 4.63. The average Bonchev–Trinajstić information content (AvgIpc) is 3.01. The van der Waals surface area contributed by atoms with Gasteiger partial charge in [-0.05, 0) is 44.1 Å². The minimum atomic E-state index is 0.0534. The van der Waals surface area contributed by atoms with Gasteiger partial charge < -0.3 is 9.80 Å². The van der Waals surface area contributed by atoms with E-state index in [0.29, 0.717) is 12.0 Å². The molecule has 0 spiro atoms. The molecule has 1 aliphatic carbocycles. The fourth-order valence-electron chi connectivity index (χ4n) is 4.66. The molecule has 1 unspecified atom stereocenters. The summed E-state index contributed by atoms with van der Waals surface area (Å²) in [6.45, 7) is 6.30. The molecule has 0 N–H and O–H groups in total. The van der Waals surface area contributed by atoms with Gasteiger partial charge in [0.1, 0.15) is 0 Å². The van der Waals surface area contributed by atoms with Crippen molar-refractivity contribution in [1.29, 1.82) is 0 Å². The molecular formula is C19H28N4O2. The molecule has 2 fully saturated rings. The highest BCUT2D eigenvalue weighted by atomic mass is 16.2. The van der Waals surface area contributed by atoms with Gasteiger partial charge in [-0.25, -0.2) is 4.68 Å². The summed E-state index contributed by atoms with van der Waals surface area (Å²) < 4.78 is 1.68. The topological polar surface area (TPSA) is 58.4 Å². The van der Waals surface area contributed by atoms with Crippen LogP contribution in [0.1, 0.15) is 43.9 Å². The number of carbonyl (C=O) groups excluding carboxylic acids is 1. The molecule has 0 bridgehead atoms. The summed E-state index contributed by atoms with van der Waals surface area (Å²) >= 11 is 0. The van der Waals surface area contributed by atoms with Crippen LogP contribution in [0.5, 0.6) is 0 Å². The van der Waals surface area contributed by atoms with Crippen LogP contribution in [0.3, 0.4) is 0 Å². The largest absolute Gasteiger partial charge is 0.339 e. The summed E-state index contributed by atoms with van der Waals surface area (Å²) in [7, 11) is 0. The van der Waals surface area contributed by atoms with E-state index >= 15 is 0 Å². The first-order chi connectivity index (χ1) is 12.1. The number of carbonyl (C=O) groups is 1. The maximum Gasteiger partial charge on any atom is 0.267 e. The van der Waals surface area contributed by atoms with E-state index in [1.807, 2.05) is 4.90 Å². The van der Waals surface area contributed by atoms with Gasteiger partial charge in [-0.15, -0.1) is 0 Å². The molecule has 6 nitrogen and oxygen atoms in total. The zero-order valence-electron chi connectivity index (χ0n) is 15.1. The van der Waals surface area contributed by atoms with Crippen molar-refractivity contribution in [3.8, 4) is 0 Å². The van der Waals surface area contributed by atoms with Crippen LogP contribution in [0.2, 0.25) is 0 Å². The van der Waals surface area contributed by atoms with E-state index in [9.17, 15) is 9.59 Å². The van der Waals surface area contributed by atoms with Crippen molar-refractivity contribution >= 4 is 5.91 Å². The maximum atomic E-state index is 12.3. The lowest BCUT2D eigenvalue weighted by Crippen LogP contribution is -2.54. The number of rotatable bonds is 4. The number of fused-ring (bicyclic) bond motifs is 1. The predicted molar refractivity (Wildman–Crippen MR) is 95.5 cm³/mol. The van der Waals surface area contributed by atoms with Crippen molar-refractivity contribution in [3.05, 3.63) is 27.7 Å². The monoisotopic (exact) mass is 344 g/mol. The fraction of sp³-hybridized carbons (Fsp3) is 0.737. The molecule has 4 rings (SSSR count). The Hall–Kier alpha value is -1.69. The Morgan fingerprint density at radius 3 is 2.80 bits per heavy atom. The SMILES string of the molecule is CC(=O)N1CCCC1CN1CC(Cn2nc3c(cc2=O)CCCC3)C1. The molecule has 0 saturated carbocycles. The fourth-order valence-corrected chi connectivity index (χ4v) is 4.66. The molecule has 1 aromatic rings. The lowest BCUT2D eigenvalue weighted by Gasteiger charge is -2.42. The molecule has 1 atom stereocenters. The first-order valence-corrected chi connectivity index (χ1v) is 9.69. The molecule has 1 aromatic heterocycles. The minimum absolute atomic E-state index is 0.0534. The Morgan fingerprint density at radius 1 is 1.20 bits per heavy atom. The highest BCUT2D eigenvalue weighted by Crippen LogP contribution is 2.24. The zero-order chi connectivity index (χ0) is 17.4. The molecule has 3 heterocycles. The Bertz CT molecular complexity index is 708. The van der Waals surface area contributed by atoms with Gasteiger partial charge >= 0.3 is 0 Å². The van der Waals surface area contributed by atoms with Crippen LogP contribution in [-0.4, -0.2) is 57.7 Å². The normalized spacial score (nSPS) is 24.2. The summed E-state index contributed by atoms with van der Waals surface area (Å²) in [6.07, 6.45) is 6.61. The van der Waals surface area contributed by atoms with Crippen molar-refractivity contribution in [1.82, 2.24) is 19.6 Å². The minimum Gasteiger partial charge on any atom is -0.339 e. The molecule has 0 aromatic carbocycles. The van der Waals surface area contributed by atoms with E-state index in [0.717, 1.165) is 69.7 Å². The summed E-state index contributed by atoms with van der Waals surface area (Å²) in [5, 5.41) is 4.63. The highest BCUT2D eigenvalue weighted by molar-refractivity contribution is 5.73. The van der Waals surface area contributed by atoms with E-state index in [4.69, 9.17) is 0 Å². The standard InChI is InChI=1S/C19H28N4O2/c1-14(24)22-8-4-6-17(22)13-21-10-15(11-21)12-23-19(25)9-16-5-2-3-7-18(16)20-23/h9,15,17H,2-8,10-13H2,1H3. The average molecular weight is 344 g/mol. The highest BCUT2D eigenvalue weighted by Gasteiger charge is 2.33. The zero-order valence-corrected chi connectivity index (χ0v) is 15.1. The number of hydrogen-bond donors (Lipinski definition) is 0. The molecule has 3 aliphatic rings. The summed E-state index contributed by atoms with van der Waals surface area (Å²) in [5.74, 6) is 0.698. The Balaban J connectivity index is 1.31. The van der Waals surface area contributed by atoms with Crippen LogP contribution in [0.4, 0.5) is 0 Å². The van der Waals surface area contributed by atoms with Gasteiger partial charge in [0.2, 0.25) is 5.91 Å². The Labute approximate surface area is 148 Å². The molecule has 1 amide bonds. The second-order valence-electron chi connectivity index (χ2n) is 7.94. The van der Waals surface area contributed by atoms with E-state index in [1.54, 1.807) is 17.7 Å². The summed E-state index contributed by atoms with van der Waals surface area (Å²) in [6, 6.07) is 2.18. The van der Waals surface area contributed by atoms with Gasteiger partial charge in [0.15, 0.2) is 0 Å². The van der Waals surface area contributed by atoms with Gasteiger partial charge in [-0.1, -0.05) is 0 Å². The van der Waals surface area contributed by atoms with Crippen LogP contribution in [0, 0.1) is 5.92 Å². The van der Waals surface area contributed by atoms with Crippen molar-refractivity contribution in [2.24, 2.45) is 5.92 Å². The maximum absolute atomic E-state index is 12.3. The van der Waals surface area contributed by atoms with Gasteiger partial charge in [-0.3, -0.25) is 9.59 Å². The summed E-state index contributed by atoms with van der Waals surface area (Å²) in [4.78, 5) is 28.4. The molecule has 2 saturated heterocycles. The number of amides is 1. The van der Waals surface area contributed by atoms with Crippen LogP contribution in [0.25, 0.3) is 0 Å². The molecular weight excluding hydrogens is 316 g/mol. The lowest BCUT2D eigenvalue weighted by atomic mass is 9.96. The van der Waals surface area contributed by atoms with Gasteiger partial charge in [0.25, 0.3) is 5.56 Å². The molecule has 6 heteroatoms. The number of aromatic nitrogens is 2. The third-order valence-electron chi connectivity index (χ3n) is 5.99. The molecule has 25 heavy (non-hydrogen) atoms. The van der Waals surface area contributed by atoms with Gasteiger partial charge in [0, 0.05) is 51.1 Å². The smallest absolute Gasteiger partial charge is 0.267 e. The van der Waals surface area contributed by atoms with Crippen molar-refractivity contribution in [3.63, 3.8) is 0 Å². The van der Waals surface area contributed by atoms with Crippen LogP contribution in [0.15, 0.2) is 10.9 Å². The van der Waals surface area contributed by atoms with Crippen molar-refractivity contribution < 1.29 is 4.79 Å². The molecule has 0 radical (unpaired) electrons. The second-order valence-corrected chi connectivity index (χ2v) is 7.94. The predicted octanol–water partition coefficient (Wildman–Crippen LogP) is 1.06. The summed E-state index contributed by atoms with van der Waals surface area (Å²) in [5.41, 5.74) is 2.34. The third kappa shape index (κ3) is 3.50. The first-order valence-electron chi connectivity index (χ1n) is 9.69. The van der Waals surface area contributed by atoms with E-state index in [2.05, 4.69) is 10.00 Å². The Morgan fingerprint density at radius 2 is 2.00 bits per heavy atom. The molecule has 136 valence electrons. The van der Waals surface area contributed by atoms with Crippen LogP contribution < -0.4 is 5.56 Å².